The second kappa shape index (κ2) is 4.78. The first kappa shape index (κ1) is 11.3. The maximum absolute atomic E-state index is 11.0. The summed E-state index contributed by atoms with van der Waals surface area (Å²) in [6, 6.07) is 9.45. The summed E-state index contributed by atoms with van der Waals surface area (Å²) in [5.74, 6) is 0.563. The van der Waals surface area contributed by atoms with E-state index >= 15 is 0 Å². The quantitative estimate of drug-likeness (QED) is 0.757. The Labute approximate surface area is 100 Å². The predicted octanol–water partition coefficient (Wildman–Crippen LogP) is 2.88. The molecule has 0 saturated carbocycles. The van der Waals surface area contributed by atoms with Gasteiger partial charge in [-0.1, -0.05) is 17.7 Å². The van der Waals surface area contributed by atoms with Crippen LogP contribution in [0.15, 0.2) is 36.5 Å². The molecule has 0 bridgehead atoms. The van der Waals surface area contributed by atoms with Crippen molar-refractivity contribution in [2.45, 2.75) is 6.92 Å². The van der Waals surface area contributed by atoms with Crippen LogP contribution in [0.4, 0.5) is 0 Å². The smallest absolute Gasteiger partial charge is 0.212 e. The summed E-state index contributed by atoms with van der Waals surface area (Å²) in [4.78, 5) is 15.2. The molecule has 2 aromatic rings. The molecule has 0 aliphatic carbocycles. The standard InChI is InChI=1S/C14H13NO2/c1-10-3-5-13(12(7-10)9-16)11-4-6-14(17-2)15-8-11/h3-9H,1-2H3. The molecule has 0 spiro atoms. The van der Waals surface area contributed by atoms with Crippen molar-refractivity contribution in [3.63, 3.8) is 0 Å². The van der Waals surface area contributed by atoms with Crippen molar-refractivity contribution < 1.29 is 9.53 Å². The highest BCUT2D eigenvalue weighted by atomic mass is 16.5. The number of aryl methyl sites for hydroxylation is 1. The fraction of sp³-hybridized carbons (Fsp3) is 0.143. The van der Waals surface area contributed by atoms with E-state index in [2.05, 4.69) is 4.98 Å². The lowest BCUT2D eigenvalue weighted by molar-refractivity contribution is 0.112. The number of ether oxygens (including phenoxy) is 1. The van der Waals surface area contributed by atoms with Crippen molar-refractivity contribution >= 4 is 6.29 Å². The molecule has 86 valence electrons. The number of carbonyl (C=O) groups is 1. The first-order valence-electron chi connectivity index (χ1n) is 5.31. The first-order chi connectivity index (χ1) is 8.24. The minimum Gasteiger partial charge on any atom is -0.481 e. The van der Waals surface area contributed by atoms with Gasteiger partial charge in [0.05, 0.1) is 7.11 Å². The molecular weight excluding hydrogens is 214 g/mol. The van der Waals surface area contributed by atoms with E-state index < -0.39 is 0 Å². The maximum atomic E-state index is 11.0. The molecule has 0 fully saturated rings. The summed E-state index contributed by atoms with van der Waals surface area (Å²) in [5, 5.41) is 0. The monoisotopic (exact) mass is 227 g/mol. The third kappa shape index (κ3) is 2.33. The lowest BCUT2D eigenvalue weighted by Gasteiger charge is -2.06. The van der Waals surface area contributed by atoms with E-state index in [4.69, 9.17) is 4.74 Å². The highest BCUT2D eigenvalue weighted by molar-refractivity contribution is 5.87. The van der Waals surface area contributed by atoms with Gasteiger partial charge in [-0.05, 0) is 24.6 Å². The number of hydrogen-bond acceptors (Lipinski definition) is 3. The fourth-order valence-corrected chi connectivity index (χ4v) is 1.70. The zero-order valence-corrected chi connectivity index (χ0v) is 9.81. The van der Waals surface area contributed by atoms with Crippen LogP contribution in [0.5, 0.6) is 5.88 Å². The van der Waals surface area contributed by atoms with E-state index in [9.17, 15) is 4.79 Å². The Morgan fingerprint density at radius 2 is 2.06 bits per heavy atom. The Balaban J connectivity index is 2.48. The number of hydrogen-bond donors (Lipinski definition) is 0. The van der Waals surface area contributed by atoms with Crippen LogP contribution in [0.1, 0.15) is 15.9 Å². The van der Waals surface area contributed by atoms with Crippen LogP contribution in [0.3, 0.4) is 0 Å². The van der Waals surface area contributed by atoms with Gasteiger partial charge in [-0.25, -0.2) is 4.98 Å². The molecule has 3 nitrogen and oxygen atoms in total. The molecule has 0 aliphatic rings. The van der Waals surface area contributed by atoms with Crippen molar-refractivity contribution in [2.24, 2.45) is 0 Å². The number of benzene rings is 1. The van der Waals surface area contributed by atoms with E-state index in [1.54, 1.807) is 19.4 Å². The second-order valence-corrected chi connectivity index (χ2v) is 3.80. The van der Waals surface area contributed by atoms with E-state index in [-0.39, 0.29) is 0 Å². The van der Waals surface area contributed by atoms with Gasteiger partial charge in [-0.2, -0.15) is 0 Å². The molecule has 0 N–H and O–H groups in total. The largest absolute Gasteiger partial charge is 0.481 e. The zero-order valence-electron chi connectivity index (χ0n) is 9.81. The lowest BCUT2D eigenvalue weighted by Crippen LogP contribution is -1.91. The molecule has 0 amide bonds. The Morgan fingerprint density at radius 1 is 1.24 bits per heavy atom. The minimum atomic E-state index is 0.563. The van der Waals surface area contributed by atoms with E-state index in [0.717, 1.165) is 23.0 Å². The number of aromatic nitrogens is 1. The van der Waals surface area contributed by atoms with Gasteiger partial charge in [0.15, 0.2) is 6.29 Å². The van der Waals surface area contributed by atoms with E-state index in [1.165, 1.54) is 0 Å². The molecule has 1 heterocycles. The Bertz CT molecular complexity index is 532. The molecule has 3 heteroatoms. The van der Waals surface area contributed by atoms with Crippen LogP contribution in [0.25, 0.3) is 11.1 Å². The van der Waals surface area contributed by atoms with Gasteiger partial charge in [-0.15, -0.1) is 0 Å². The molecule has 0 radical (unpaired) electrons. The number of pyridine rings is 1. The molecule has 1 aromatic heterocycles. The van der Waals surface area contributed by atoms with E-state index in [0.29, 0.717) is 11.4 Å². The molecule has 0 aliphatic heterocycles. The number of aldehydes is 1. The molecule has 2 rings (SSSR count). The predicted molar refractivity (Wildman–Crippen MR) is 66.3 cm³/mol. The number of rotatable bonds is 3. The Morgan fingerprint density at radius 3 is 2.65 bits per heavy atom. The van der Waals surface area contributed by atoms with Crippen molar-refractivity contribution in [3.8, 4) is 17.0 Å². The van der Waals surface area contributed by atoms with Gasteiger partial charge < -0.3 is 4.74 Å². The fourth-order valence-electron chi connectivity index (χ4n) is 1.70. The minimum absolute atomic E-state index is 0.563. The first-order valence-corrected chi connectivity index (χ1v) is 5.31. The lowest BCUT2D eigenvalue weighted by atomic mass is 10.00. The zero-order chi connectivity index (χ0) is 12.3. The van der Waals surface area contributed by atoms with Crippen LogP contribution < -0.4 is 4.74 Å². The van der Waals surface area contributed by atoms with Crippen LogP contribution in [0.2, 0.25) is 0 Å². The van der Waals surface area contributed by atoms with Crippen molar-refractivity contribution in [1.82, 2.24) is 4.98 Å². The third-order valence-electron chi connectivity index (χ3n) is 2.59. The van der Waals surface area contributed by atoms with E-state index in [1.807, 2.05) is 31.2 Å². The summed E-state index contributed by atoms with van der Waals surface area (Å²) >= 11 is 0. The normalized spacial score (nSPS) is 10.0. The summed E-state index contributed by atoms with van der Waals surface area (Å²) in [6.07, 6.45) is 2.57. The summed E-state index contributed by atoms with van der Waals surface area (Å²) in [5.41, 5.74) is 3.54. The van der Waals surface area contributed by atoms with Gasteiger partial charge in [-0.3, -0.25) is 4.79 Å². The number of carbonyl (C=O) groups excluding carboxylic acids is 1. The summed E-state index contributed by atoms with van der Waals surface area (Å²) in [7, 11) is 1.57. The molecular formula is C14H13NO2. The summed E-state index contributed by atoms with van der Waals surface area (Å²) in [6.45, 7) is 1.96. The van der Waals surface area contributed by atoms with Gasteiger partial charge in [0.25, 0.3) is 0 Å². The molecule has 0 saturated heterocycles. The van der Waals surface area contributed by atoms with Crippen LogP contribution in [0, 0.1) is 6.92 Å². The van der Waals surface area contributed by atoms with Gasteiger partial charge >= 0.3 is 0 Å². The Hall–Kier alpha value is -2.16. The Kier molecular flexibility index (Phi) is 3.19. The SMILES string of the molecule is COc1ccc(-c2ccc(C)cc2C=O)cn1. The molecule has 0 unspecified atom stereocenters. The van der Waals surface area contributed by atoms with Crippen molar-refractivity contribution in [1.29, 1.82) is 0 Å². The average molecular weight is 227 g/mol. The average Bonchev–Trinajstić information content (AvgIpc) is 2.39. The number of nitrogens with zero attached hydrogens (tertiary/aromatic N) is 1. The van der Waals surface area contributed by atoms with Crippen molar-refractivity contribution in [3.05, 3.63) is 47.7 Å². The van der Waals surface area contributed by atoms with Crippen LogP contribution >= 0.6 is 0 Å². The third-order valence-corrected chi connectivity index (χ3v) is 2.59. The maximum Gasteiger partial charge on any atom is 0.212 e. The van der Waals surface area contributed by atoms with Crippen LogP contribution in [-0.4, -0.2) is 18.4 Å². The summed E-state index contributed by atoms with van der Waals surface area (Å²) < 4.78 is 5.00. The highest BCUT2D eigenvalue weighted by Crippen LogP contribution is 2.24. The van der Waals surface area contributed by atoms with Crippen LogP contribution in [-0.2, 0) is 0 Å². The molecule has 1 aromatic carbocycles. The van der Waals surface area contributed by atoms with Gasteiger partial charge in [0, 0.05) is 23.4 Å². The highest BCUT2D eigenvalue weighted by Gasteiger charge is 2.05. The topological polar surface area (TPSA) is 39.2 Å². The second-order valence-electron chi connectivity index (χ2n) is 3.80. The van der Waals surface area contributed by atoms with Gasteiger partial charge in [0.2, 0.25) is 5.88 Å². The van der Waals surface area contributed by atoms with Gasteiger partial charge in [0.1, 0.15) is 0 Å². The van der Waals surface area contributed by atoms with Crippen molar-refractivity contribution in [2.75, 3.05) is 7.11 Å². The molecule has 0 atom stereocenters. The molecule has 17 heavy (non-hydrogen) atoms. The number of methoxy groups -OCH3 is 1.